The van der Waals surface area contributed by atoms with Crippen LogP contribution in [0, 0.1) is 22.2 Å². The summed E-state index contributed by atoms with van der Waals surface area (Å²) in [5.74, 6) is 0.393. The highest BCUT2D eigenvalue weighted by molar-refractivity contribution is 5.84. The molecule has 1 atom stereocenters. The van der Waals surface area contributed by atoms with Crippen molar-refractivity contribution in [3.8, 4) is 0 Å². The van der Waals surface area contributed by atoms with Crippen LogP contribution < -0.4 is 10.6 Å². The van der Waals surface area contributed by atoms with Crippen LogP contribution in [-0.2, 0) is 4.79 Å². The molecule has 1 amide bonds. The van der Waals surface area contributed by atoms with Crippen LogP contribution in [0.1, 0.15) is 54.4 Å². The highest BCUT2D eigenvalue weighted by Crippen LogP contribution is 2.68. The number of carbonyl (C=O) groups excluding carboxylic acids is 1. The third-order valence-corrected chi connectivity index (χ3v) is 6.10. The summed E-state index contributed by atoms with van der Waals surface area (Å²) in [4.78, 5) is 12.4. The zero-order valence-corrected chi connectivity index (χ0v) is 13.4. The van der Waals surface area contributed by atoms with E-state index in [2.05, 4.69) is 52.2 Å². The zero-order chi connectivity index (χ0) is 14.5. The smallest absolute Gasteiger partial charge is 0.224 e. The molecule has 1 heterocycles. The molecule has 3 heteroatoms. The van der Waals surface area contributed by atoms with Crippen molar-refractivity contribution in [1.82, 2.24) is 10.6 Å². The maximum atomic E-state index is 12.4. The summed E-state index contributed by atoms with van der Waals surface area (Å²) in [5.41, 5.74) is 0.541. The van der Waals surface area contributed by atoms with E-state index in [1.54, 1.807) is 0 Å². The van der Waals surface area contributed by atoms with Gasteiger partial charge in [0.1, 0.15) is 0 Å². The first kappa shape index (κ1) is 14.8. The molecule has 3 nitrogen and oxygen atoms in total. The normalized spacial score (nSPS) is 31.8. The number of nitrogens with one attached hydrogen (secondary N) is 2. The van der Waals surface area contributed by atoms with Gasteiger partial charge in [0.2, 0.25) is 5.91 Å². The molecular weight excluding hydrogens is 236 g/mol. The van der Waals surface area contributed by atoms with Crippen molar-refractivity contribution in [3.05, 3.63) is 0 Å². The molecule has 19 heavy (non-hydrogen) atoms. The number of hydrogen-bond acceptors (Lipinski definition) is 2. The number of piperidine rings is 1. The second kappa shape index (κ2) is 4.47. The van der Waals surface area contributed by atoms with Gasteiger partial charge in [-0.15, -0.1) is 0 Å². The van der Waals surface area contributed by atoms with Crippen LogP contribution in [0.5, 0.6) is 0 Å². The minimum absolute atomic E-state index is 0.132. The van der Waals surface area contributed by atoms with Gasteiger partial charge in [-0.05, 0) is 35.6 Å². The highest BCUT2D eigenvalue weighted by atomic mass is 16.2. The Labute approximate surface area is 117 Å². The van der Waals surface area contributed by atoms with E-state index in [0.717, 1.165) is 13.1 Å². The Kier molecular flexibility index (Phi) is 3.49. The SMILES string of the molecule is CC1(C)CCCNC1CNC(=O)C1C(C)(C)C1(C)C. The lowest BCUT2D eigenvalue weighted by molar-refractivity contribution is -0.123. The van der Waals surface area contributed by atoms with Crippen LogP contribution in [-0.4, -0.2) is 25.0 Å². The first-order chi connectivity index (χ1) is 8.61. The third-order valence-electron chi connectivity index (χ3n) is 6.10. The summed E-state index contributed by atoms with van der Waals surface area (Å²) >= 11 is 0. The van der Waals surface area contributed by atoms with Crippen molar-refractivity contribution in [3.63, 3.8) is 0 Å². The van der Waals surface area contributed by atoms with Gasteiger partial charge in [-0.2, -0.15) is 0 Å². The molecule has 0 aromatic heterocycles. The van der Waals surface area contributed by atoms with Crippen LogP contribution in [0.25, 0.3) is 0 Å². The van der Waals surface area contributed by atoms with Crippen molar-refractivity contribution >= 4 is 5.91 Å². The van der Waals surface area contributed by atoms with Gasteiger partial charge >= 0.3 is 0 Å². The van der Waals surface area contributed by atoms with E-state index < -0.39 is 0 Å². The molecule has 2 rings (SSSR count). The van der Waals surface area contributed by atoms with Crippen molar-refractivity contribution in [2.24, 2.45) is 22.2 Å². The standard InChI is InChI=1S/C16H30N2O/c1-14(2)8-7-9-17-11(14)10-18-13(19)12-15(3,4)16(12,5)6/h11-12,17H,7-10H2,1-6H3,(H,18,19). The van der Waals surface area contributed by atoms with Gasteiger partial charge in [-0.25, -0.2) is 0 Å². The van der Waals surface area contributed by atoms with Gasteiger partial charge in [0.15, 0.2) is 0 Å². The lowest BCUT2D eigenvalue weighted by Gasteiger charge is -2.39. The first-order valence-corrected chi connectivity index (χ1v) is 7.62. The van der Waals surface area contributed by atoms with Crippen LogP contribution in [0.4, 0.5) is 0 Å². The Balaban J connectivity index is 1.88. The summed E-state index contributed by atoms with van der Waals surface area (Å²) in [7, 11) is 0. The predicted molar refractivity (Wildman–Crippen MR) is 78.9 cm³/mol. The maximum absolute atomic E-state index is 12.4. The number of hydrogen-bond donors (Lipinski definition) is 2. The molecule has 1 saturated carbocycles. The molecule has 1 aliphatic carbocycles. The Morgan fingerprint density at radius 2 is 1.74 bits per heavy atom. The Morgan fingerprint density at radius 1 is 1.16 bits per heavy atom. The Morgan fingerprint density at radius 3 is 2.21 bits per heavy atom. The van der Waals surface area contributed by atoms with E-state index in [9.17, 15) is 4.79 Å². The number of carbonyl (C=O) groups is 1. The highest BCUT2D eigenvalue weighted by Gasteiger charge is 2.68. The van der Waals surface area contributed by atoms with Gasteiger partial charge in [0.05, 0.1) is 0 Å². The summed E-state index contributed by atoms with van der Waals surface area (Å²) in [6.07, 6.45) is 2.47. The zero-order valence-electron chi connectivity index (χ0n) is 13.4. The molecule has 0 spiro atoms. The fourth-order valence-electron chi connectivity index (χ4n) is 3.78. The monoisotopic (exact) mass is 266 g/mol. The Bertz CT molecular complexity index is 357. The second-order valence-corrected chi connectivity index (χ2v) is 8.22. The van der Waals surface area contributed by atoms with Crippen LogP contribution in [0.15, 0.2) is 0 Å². The van der Waals surface area contributed by atoms with Gasteiger partial charge in [0, 0.05) is 18.5 Å². The van der Waals surface area contributed by atoms with Crippen molar-refractivity contribution in [2.45, 2.75) is 60.4 Å². The molecule has 0 aromatic carbocycles. The first-order valence-electron chi connectivity index (χ1n) is 7.62. The van der Waals surface area contributed by atoms with Gasteiger partial charge in [0.25, 0.3) is 0 Å². The fraction of sp³-hybridized carbons (Fsp3) is 0.938. The van der Waals surface area contributed by atoms with Gasteiger partial charge in [-0.3, -0.25) is 4.79 Å². The van der Waals surface area contributed by atoms with Crippen LogP contribution >= 0.6 is 0 Å². The van der Waals surface area contributed by atoms with Gasteiger partial charge in [-0.1, -0.05) is 41.5 Å². The second-order valence-electron chi connectivity index (χ2n) is 8.22. The topological polar surface area (TPSA) is 41.1 Å². The third kappa shape index (κ3) is 2.42. The summed E-state index contributed by atoms with van der Waals surface area (Å²) in [6, 6.07) is 0.398. The predicted octanol–water partition coefficient (Wildman–Crippen LogP) is 2.56. The van der Waals surface area contributed by atoms with Crippen LogP contribution in [0.2, 0.25) is 0 Å². The molecule has 2 fully saturated rings. The Hall–Kier alpha value is -0.570. The molecule has 0 bridgehead atoms. The number of amides is 1. The molecule has 2 N–H and O–H groups in total. The lowest BCUT2D eigenvalue weighted by atomic mass is 9.77. The molecule has 1 aliphatic heterocycles. The molecule has 1 unspecified atom stereocenters. The molecule has 0 radical (unpaired) electrons. The van der Waals surface area contributed by atoms with E-state index >= 15 is 0 Å². The minimum atomic E-state index is 0.132. The molecule has 1 saturated heterocycles. The van der Waals surface area contributed by atoms with Crippen molar-refractivity contribution < 1.29 is 4.79 Å². The molecule has 2 aliphatic rings. The maximum Gasteiger partial charge on any atom is 0.224 e. The van der Waals surface area contributed by atoms with Gasteiger partial charge < -0.3 is 10.6 Å². The summed E-state index contributed by atoms with van der Waals surface area (Å²) < 4.78 is 0. The quantitative estimate of drug-likeness (QED) is 0.824. The largest absolute Gasteiger partial charge is 0.354 e. The summed E-state index contributed by atoms with van der Waals surface area (Å²) in [6.45, 7) is 15.2. The minimum Gasteiger partial charge on any atom is -0.354 e. The van der Waals surface area contributed by atoms with E-state index in [0.29, 0.717) is 6.04 Å². The summed E-state index contributed by atoms with van der Waals surface area (Å²) in [5, 5.41) is 6.73. The number of rotatable bonds is 3. The molecule has 110 valence electrons. The molecule has 0 aromatic rings. The van der Waals surface area contributed by atoms with Crippen molar-refractivity contribution in [2.75, 3.05) is 13.1 Å². The van der Waals surface area contributed by atoms with E-state index in [1.165, 1.54) is 12.8 Å². The fourth-order valence-corrected chi connectivity index (χ4v) is 3.78. The average molecular weight is 266 g/mol. The lowest BCUT2D eigenvalue weighted by Crippen LogP contribution is -2.53. The van der Waals surface area contributed by atoms with E-state index in [-0.39, 0.29) is 28.1 Å². The molecular formula is C16H30N2O. The average Bonchev–Trinajstić information content (AvgIpc) is 2.67. The van der Waals surface area contributed by atoms with E-state index in [1.807, 2.05) is 0 Å². The van der Waals surface area contributed by atoms with Crippen LogP contribution in [0.3, 0.4) is 0 Å². The van der Waals surface area contributed by atoms with Crippen molar-refractivity contribution in [1.29, 1.82) is 0 Å². The van der Waals surface area contributed by atoms with E-state index in [4.69, 9.17) is 0 Å².